The molecule has 0 aliphatic carbocycles. The molecule has 0 aliphatic heterocycles. The Bertz CT molecular complexity index is 174. The summed E-state index contributed by atoms with van der Waals surface area (Å²) in [5, 5.41) is 0. The highest BCUT2D eigenvalue weighted by Gasteiger charge is 2.18. The number of rotatable bonds is 9. The van der Waals surface area contributed by atoms with Crippen molar-refractivity contribution in [3.63, 3.8) is 0 Å². The summed E-state index contributed by atoms with van der Waals surface area (Å²) in [5.41, 5.74) is 3.26. The second kappa shape index (κ2) is 8.66. The zero-order valence-electron chi connectivity index (χ0n) is 11.3. The quantitative estimate of drug-likeness (QED) is 0.394. The molecule has 1 atom stereocenters. The largest absolute Gasteiger partial charge is 0.298 e. The van der Waals surface area contributed by atoms with E-state index in [1.54, 1.807) is 0 Å². The lowest BCUT2D eigenvalue weighted by atomic mass is 10.00. The zero-order chi connectivity index (χ0) is 12.6. The van der Waals surface area contributed by atoms with E-state index in [1.807, 2.05) is 0 Å². The van der Waals surface area contributed by atoms with Crippen LogP contribution in [-0.4, -0.2) is 28.3 Å². The van der Waals surface area contributed by atoms with Gasteiger partial charge in [-0.1, -0.05) is 13.3 Å². The number of hydrogen-bond donors (Lipinski definition) is 1. The van der Waals surface area contributed by atoms with Crippen molar-refractivity contribution in [3.8, 4) is 0 Å². The lowest BCUT2D eigenvalue weighted by Gasteiger charge is -2.28. The molecular weight excluding hydrogens is 315 g/mol. The topological polar surface area (TPSA) is 24.5 Å². The van der Waals surface area contributed by atoms with Crippen molar-refractivity contribution in [1.29, 1.82) is 0 Å². The SMILES string of the molecule is CCCC(C)ONC(C)(C)CCCN(C)I. The Morgan fingerprint density at radius 1 is 1.44 bits per heavy atom. The van der Waals surface area contributed by atoms with Crippen molar-refractivity contribution in [2.75, 3.05) is 13.6 Å². The first-order valence-electron chi connectivity index (χ1n) is 6.17. The molecule has 0 amide bonds. The van der Waals surface area contributed by atoms with Gasteiger partial charge in [0.2, 0.25) is 0 Å². The van der Waals surface area contributed by atoms with E-state index in [9.17, 15) is 0 Å². The normalized spacial score (nSPS) is 14.4. The number of halogens is 1. The maximum absolute atomic E-state index is 5.64. The van der Waals surface area contributed by atoms with Crippen molar-refractivity contribution in [2.45, 2.75) is 65.0 Å². The van der Waals surface area contributed by atoms with Crippen LogP contribution >= 0.6 is 22.9 Å². The maximum atomic E-state index is 5.64. The van der Waals surface area contributed by atoms with Gasteiger partial charge in [0.1, 0.15) is 0 Å². The molecule has 0 bridgehead atoms. The Balaban J connectivity index is 3.68. The molecule has 4 heteroatoms. The minimum absolute atomic E-state index is 0.0641. The van der Waals surface area contributed by atoms with Gasteiger partial charge in [0.15, 0.2) is 0 Å². The highest BCUT2D eigenvalue weighted by molar-refractivity contribution is 14.1. The second-order valence-electron chi connectivity index (χ2n) is 5.14. The first-order chi connectivity index (χ1) is 7.37. The summed E-state index contributed by atoms with van der Waals surface area (Å²) in [6, 6.07) is 0. The van der Waals surface area contributed by atoms with E-state index in [2.05, 4.69) is 66.2 Å². The summed E-state index contributed by atoms with van der Waals surface area (Å²) >= 11 is 2.32. The minimum atomic E-state index is 0.0641. The second-order valence-corrected chi connectivity index (χ2v) is 6.78. The summed E-state index contributed by atoms with van der Waals surface area (Å²) in [6.45, 7) is 9.81. The van der Waals surface area contributed by atoms with Gasteiger partial charge in [-0.3, -0.25) is 7.95 Å². The van der Waals surface area contributed by atoms with Gasteiger partial charge in [-0.15, -0.1) is 0 Å². The fraction of sp³-hybridized carbons (Fsp3) is 1.00. The Labute approximate surface area is 115 Å². The standard InChI is InChI=1S/C12H27IN2O/c1-6-8-11(2)16-14-12(3,4)9-7-10-15(5)13/h11,14H,6-10H2,1-5H3. The molecule has 0 aromatic rings. The Morgan fingerprint density at radius 3 is 2.56 bits per heavy atom. The van der Waals surface area contributed by atoms with E-state index in [4.69, 9.17) is 4.84 Å². The Hall–Kier alpha value is 0.610. The lowest BCUT2D eigenvalue weighted by molar-refractivity contribution is -0.0627. The van der Waals surface area contributed by atoms with Gasteiger partial charge in [-0.05, 0) is 47.1 Å². The average molecular weight is 342 g/mol. The Morgan fingerprint density at radius 2 is 2.06 bits per heavy atom. The Kier molecular flexibility index (Phi) is 8.99. The third-order valence-corrected chi connectivity index (χ3v) is 2.98. The van der Waals surface area contributed by atoms with Gasteiger partial charge in [-0.2, -0.15) is 5.48 Å². The summed E-state index contributed by atoms with van der Waals surface area (Å²) in [7, 11) is 2.10. The van der Waals surface area contributed by atoms with Crippen LogP contribution < -0.4 is 5.48 Å². The van der Waals surface area contributed by atoms with Crippen molar-refractivity contribution in [1.82, 2.24) is 8.59 Å². The molecule has 0 fully saturated rings. The lowest BCUT2D eigenvalue weighted by Crippen LogP contribution is -2.41. The van der Waals surface area contributed by atoms with E-state index in [-0.39, 0.29) is 5.54 Å². The van der Waals surface area contributed by atoms with Crippen molar-refractivity contribution < 1.29 is 4.84 Å². The number of hydroxylamine groups is 1. The molecule has 0 spiro atoms. The molecule has 0 radical (unpaired) electrons. The molecule has 3 nitrogen and oxygen atoms in total. The third-order valence-electron chi connectivity index (χ3n) is 2.50. The third kappa shape index (κ3) is 9.81. The van der Waals surface area contributed by atoms with Gasteiger partial charge >= 0.3 is 0 Å². The fourth-order valence-corrected chi connectivity index (χ4v) is 1.86. The molecular formula is C12H27IN2O. The van der Waals surface area contributed by atoms with Crippen molar-refractivity contribution >= 4 is 22.9 Å². The maximum Gasteiger partial charge on any atom is 0.0762 e. The van der Waals surface area contributed by atoms with Crippen molar-refractivity contribution in [3.05, 3.63) is 0 Å². The van der Waals surface area contributed by atoms with Crippen LogP contribution in [0.15, 0.2) is 0 Å². The van der Waals surface area contributed by atoms with E-state index < -0.39 is 0 Å². The van der Waals surface area contributed by atoms with E-state index in [0.29, 0.717) is 6.10 Å². The van der Waals surface area contributed by atoms with E-state index in [0.717, 1.165) is 19.4 Å². The van der Waals surface area contributed by atoms with E-state index >= 15 is 0 Å². The van der Waals surface area contributed by atoms with Gasteiger partial charge in [-0.25, -0.2) is 0 Å². The van der Waals surface area contributed by atoms with Gasteiger partial charge in [0, 0.05) is 34.9 Å². The van der Waals surface area contributed by atoms with Crippen LogP contribution in [-0.2, 0) is 4.84 Å². The molecule has 98 valence electrons. The fourth-order valence-electron chi connectivity index (χ4n) is 1.52. The first kappa shape index (κ1) is 16.6. The van der Waals surface area contributed by atoms with Gasteiger partial charge in [0.25, 0.3) is 0 Å². The van der Waals surface area contributed by atoms with Crippen LogP contribution in [0.1, 0.15) is 53.4 Å². The van der Waals surface area contributed by atoms with Crippen LogP contribution in [0.25, 0.3) is 0 Å². The monoisotopic (exact) mass is 342 g/mol. The molecule has 0 aromatic carbocycles. The molecule has 0 saturated heterocycles. The van der Waals surface area contributed by atoms with Crippen LogP contribution in [0.3, 0.4) is 0 Å². The summed E-state index contributed by atoms with van der Waals surface area (Å²) in [6.07, 6.45) is 4.89. The average Bonchev–Trinajstić information content (AvgIpc) is 2.14. The van der Waals surface area contributed by atoms with Gasteiger partial charge in [0.05, 0.1) is 6.10 Å². The summed E-state index contributed by atoms with van der Waals surface area (Å²) in [5.74, 6) is 0. The highest BCUT2D eigenvalue weighted by Crippen LogP contribution is 2.13. The first-order valence-corrected chi connectivity index (χ1v) is 7.13. The predicted molar refractivity (Wildman–Crippen MR) is 78.6 cm³/mol. The summed E-state index contributed by atoms with van der Waals surface area (Å²) < 4.78 is 2.19. The van der Waals surface area contributed by atoms with Crippen LogP contribution in [0.5, 0.6) is 0 Å². The van der Waals surface area contributed by atoms with Gasteiger partial charge < -0.3 is 0 Å². The van der Waals surface area contributed by atoms with Crippen LogP contribution in [0.4, 0.5) is 0 Å². The molecule has 0 aromatic heterocycles. The molecule has 0 saturated carbocycles. The summed E-state index contributed by atoms with van der Waals surface area (Å²) in [4.78, 5) is 5.64. The zero-order valence-corrected chi connectivity index (χ0v) is 13.5. The molecule has 0 heterocycles. The number of nitrogens with one attached hydrogen (secondary N) is 1. The minimum Gasteiger partial charge on any atom is -0.298 e. The molecule has 0 rings (SSSR count). The van der Waals surface area contributed by atoms with E-state index in [1.165, 1.54) is 12.8 Å². The molecule has 1 N–H and O–H groups in total. The van der Waals surface area contributed by atoms with Crippen LogP contribution in [0.2, 0.25) is 0 Å². The van der Waals surface area contributed by atoms with Crippen molar-refractivity contribution in [2.24, 2.45) is 0 Å². The highest BCUT2D eigenvalue weighted by atomic mass is 127. The molecule has 0 aliphatic rings. The molecule has 1 unspecified atom stereocenters. The number of nitrogens with zero attached hydrogens (tertiary/aromatic N) is 1. The predicted octanol–water partition coefficient (Wildman–Crippen LogP) is 3.54. The number of hydrogen-bond acceptors (Lipinski definition) is 3. The van der Waals surface area contributed by atoms with Crippen LogP contribution in [0, 0.1) is 0 Å². The molecule has 16 heavy (non-hydrogen) atoms. The smallest absolute Gasteiger partial charge is 0.0762 e.